The van der Waals surface area contributed by atoms with E-state index in [0.717, 1.165) is 37.0 Å². The number of aliphatic hydroxyl groups excluding tert-OH is 2. The normalized spacial score (nSPS) is 36.2. The summed E-state index contributed by atoms with van der Waals surface area (Å²) in [6.07, 6.45) is 17.4. The van der Waals surface area contributed by atoms with Crippen molar-refractivity contribution in [2.24, 2.45) is 52.3 Å². The molecule has 0 aromatic carbocycles. The van der Waals surface area contributed by atoms with E-state index in [9.17, 15) is 58.5 Å². The highest BCUT2D eigenvalue weighted by molar-refractivity contribution is 6.39. The first-order valence-corrected chi connectivity index (χ1v) is 40.1. The summed E-state index contributed by atoms with van der Waals surface area (Å²) in [6, 6.07) is -1.19. The molecule has 2 saturated carbocycles. The number of fused-ring (bicyclic) bond motifs is 7. The van der Waals surface area contributed by atoms with E-state index < -0.39 is 130 Å². The molecule has 0 spiro atoms. The highest BCUT2D eigenvalue weighted by atomic mass is 16.6. The second-order valence-corrected chi connectivity index (χ2v) is 33.4. The molecule has 5 fully saturated rings. The molecule has 23 heteroatoms. The number of ketones is 4. The van der Waals surface area contributed by atoms with E-state index in [-0.39, 0.29) is 97.6 Å². The van der Waals surface area contributed by atoms with Crippen LogP contribution in [0.4, 0.5) is 0 Å². The quantitative estimate of drug-likeness (QED) is 0.0240. The Labute approximate surface area is 641 Å². The van der Waals surface area contributed by atoms with Crippen molar-refractivity contribution < 1.29 is 96.4 Å². The lowest BCUT2D eigenvalue weighted by Crippen LogP contribution is -2.61. The van der Waals surface area contributed by atoms with Gasteiger partial charge in [-0.2, -0.15) is 0 Å². The molecule has 0 aromatic rings. The minimum Gasteiger partial charge on any atom is -0.504 e. The Hall–Kier alpha value is -6.47. The van der Waals surface area contributed by atoms with E-state index in [0.29, 0.717) is 120 Å². The summed E-state index contributed by atoms with van der Waals surface area (Å²) in [6.45, 7) is 18.2. The molecule has 0 aromatic heterocycles. The van der Waals surface area contributed by atoms with Crippen LogP contribution in [0.15, 0.2) is 81.9 Å². The number of unbranched alkanes of at least 4 members (excludes halogenated alkanes) is 3. The number of ether oxygens (including phenoxy) is 8. The Morgan fingerprint density at radius 1 is 0.778 bits per heavy atom. The number of amides is 1. The largest absolute Gasteiger partial charge is 0.504 e. The monoisotopic (exact) mass is 1510 g/mol. The number of rotatable bonds is 21. The SMILES string of the molecule is COC[C@H]1OC(=O)/C(=C\N(C)CCCN(C)C)C2=C(O)C(=O)C3=C(CC[C@]4(C)[C@@H](OC(=O)CCCCCCC(=O)O[C@@H]5/C(C)=C/[C@@H](C)C(=O)C[C@@H]([C@H](C)CC6CCC(O)CC6)OC(=O)C6CCCCN6C(=O)C(=O)[C@]6(O)O[C@@H](CC[C@H]6C)C[C@H](OC)/C(C)=C/C=C/C=C/[C@@H](C)C[C@@H](C)C(=O)[C@@H]5OC)CC[C@@H]34)[C@]21C. The van der Waals surface area contributed by atoms with E-state index in [1.807, 2.05) is 91.0 Å². The molecule has 1 amide bonds. The number of aliphatic hydroxyl groups is 3. The number of cyclic esters (lactones) is 2. The average molecular weight is 1510 g/mol. The van der Waals surface area contributed by atoms with Crippen molar-refractivity contribution in [3.63, 3.8) is 0 Å². The number of carbonyl (C=O) groups is 9. The van der Waals surface area contributed by atoms with Gasteiger partial charge in [0.15, 0.2) is 23.8 Å². The van der Waals surface area contributed by atoms with E-state index in [2.05, 4.69) is 11.8 Å². The predicted octanol–water partition coefficient (Wildman–Crippen LogP) is 11.6. The number of hydrogen-bond donors (Lipinski definition) is 3. The lowest BCUT2D eigenvalue weighted by Gasteiger charge is -2.52. The molecule has 17 atom stereocenters. The fourth-order valence-corrected chi connectivity index (χ4v) is 18.3. The number of nitrogens with zero attached hydrogens (tertiary/aromatic N) is 3. The molecular weight excluding hydrogens is 1380 g/mol. The van der Waals surface area contributed by atoms with Crippen LogP contribution in [0.3, 0.4) is 0 Å². The Balaban J connectivity index is 0.953. The standard InChI is InChI=1S/C85H127N3O20/c1-51-26-19-18-20-27-52(2)66(102-14)47-60-36-31-57(7)85(100,108-60)79(96)80(97)88-43-24-23-28-64(88)82(99)104-67(54(4)46-58-32-34-59(89)35-33-58)48-65(90)53(3)45-56(6)77(78(103-15)74(93)55(5)44-51)107-71(92)30-22-17-16-21-29-70(91)105-68-38-37-62-72-63(39-40-83(62,68)8)84(9)69(50-101-13)106-81(98)61(73(84)76(95)75(72)94)49-87(12)42-25-41-86(10)11/h18-20,26-27,45,49,51,53-55,57-60,62,64,66-69,77-78,89,95,100H,16-17,21-25,28-44,46-48,50H2,1-15H3/b20-18+,26-19+,52-27+,56-45+,61-49-/t51-,53-,54-,55-,57-,58?,59?,60+,62+,64?,66+,67+,68+,69-,77-,78+,83+,84+,85-/m1/s1. The smallest absolute Gasteiger partial charge is 0.340 e. The number of piperidine rings is 1. The second kappa shape index (κ2) is 39.1. The summed E-state index contributed by atoms with van der Waals surface area (Å²) in [5.41, 5.74) is 1.27. The zero-order valence-electron chi connectivity index (χ0n) is 67.2. The zero-order valence-corrected chi connectivity index (χ0v) is 67.2. The van der Waals surface area contributed by atoms with Crippen LogP contribution in [0.2, 0.25) is 0 Å². The van der Waals surface area contributed by atoms with Gasteiger partial charge in [-0.25, -0.2) is 9.59 Å². The van der Waals surface area contributed by atoms with Gasteiger partial charge in [0.05, 0.1) is 35.9 Å². The molecule has 0 radical (unpaired) electrons. The van der Waals surface area contributed by atoms with Crippen molar-refractivity contribution >= 4 is 52.9 Å². The van der Waals surface area contributed by atoms with Crippen LogP contribution in [0, 0.1) is 52.3 Å². The second-order valence-electron chi connectivity index (χ2n) is 33.4. The maximum absolute atomic E-state index is 14.8. The van der Waals surface area contributed by atoms with E-state index in [4.69, 9.17) is 37.9 Å². The first-order chi connectivity index (χ1) is 51.2. The molecule has 3 N–H and O–H groups in total. The first-order valence-electron chi connectivity index (χ1n) is 40.1. The van der Waals surface area contributed by atoms with Gasteiger partial charge in [0.2, 0.25) is 11.6 Å². The van der Waals surface area contributed by atoms with E-state index in [1.54, 1.807) is 40.2 Å². The van der Waals surface area contributed by atoms with Gasteiger partial charge in [0.25, 0.3) is 11.7 Å². The molecule has 108 heavy (non-hydrogen) atoms. The summed E-state index contributed by atoms with van der Waals surface area (Å²) in [7, 11) is 10.3. The van der Waals surface area contributed by atoms with Gasteiger partial charge >= 0.3 is 23.9 Å². The molecule has 4 aliphatic heterocycles. The Kier molecular flexibility index (Phi) is 31.6. The number of hydrogen-bond acceptors (Lipinski definition) is 22. The van der Waals surface area contributed by atoms with Crippen LogP contribution in [-0.4, -0.2) is 212 Å². The molecule has 4 aliphatic carbocycles. The third-order valence-electron chi connectivity index (χ3n) is 25.0. The fraction of sp³-hybridized carbons (Fsp3) is 0.729. The molecule has 602 valence electrons. The van der Waals surface area contributed by atoms with Crippen molar-refractivity contribution in [3.05, 3.63) is 81.9 Å². The summed E-state index contributed by atoms with van der Waals surface area (Å²) >= 11 is 0. The minimum atomic E-state index is -2.48. The first kappa shape index (κ1) is 87.1. The maximum atomic E-state index is 14.8. The summed E-state index contributed by atoms with van der Waals surface area (Å²) in [5.74, 6) is -11.5. The van der Waals surface area contributed by atoms with Crippen molar-refractivity contribution in [1.82, 2.24) is 14.7 Å². The van der Waals surface area contributed by atoms with Gasteiger partial charge in [-0.3, -0.25) is 33.6 Å². The van der Waals surface area contributed by atoms with Gasteiger partial charge in [-0.15, -0.1) is 0 Å². The summed E-state index contributed by atoms with van der Waals surface area (Å²) < 4.78 is 48.9. The van der Waals surface area contributed by atoms with Crippen LogP contribution in [0.5, 0.6) is 0 Å². The molecule has 2 bridgehead atoms. The molecule has 8 rings (SSSR count). The van der Waals surface area contributed by atoms with Crippen LogP contribution in [-0.2, 0) is 81.0 Å². The molecule has 1 unspecified atom stereocenters. The third-order valence-corrected chi connectivity index (χ3v) is 25.0. The van der Waals surface area contributed by atoms with Gasteiger partial charge in [-0.05, 0) is 197 Å². The predicted molar refractivity (Wildman–Crippen MR) is 406 cm³/mol. The van der Waals surface area contributed by atoms with Gasteiger partial charge < -0.3 is 67.9 Å². The topological polar surface area (TPSA) is 298 Å². The molecule has 8 aliphatic rings. The maximum Gasteiger partial charge on any atom is 0.340 e. The molecule has 23 nitrogen and oxygen atoms in total. The van der Waals surface area contributed by atoms with Crippen molar-refractivity contribution in [2.45, 2.75) is 277 Å². The summed E-state index contributed by atoms with van der Waals surface area (Å²) in [4.78, 5) is 135. The van der Waals surface area contributed by atoms with Gasteiger partial charge in [-0.1, -0.05) is 90.8 Å². The third kappa shape index (κ3) is 20.8. The lowest BCUT2D eigenvalue weighted by molar-refractivity contribution is -0.265. The van der Waals surface area contributed by atoms with Crippen LogP contribution < -0.4 is 0 Å². The Bertz CT molecular complexity index is 3450. The highest BCUT2D eigenvalue weighted by Gasteiger charge is 2.62. The van der Waals surface area contributed by atoms with Crippen LogP contribution >= 0.6 is 0 Å². The Morgan fingerprint density at radius 2 is 1.47 bits per heavy atom. The fourth-order valence-electron chi connectivity index (χ4n) is 18.3. The number of Topliss-reactive ketones (excluding diaryl/α,β-unsaturated/α-hetero) is 4. The molecule has 4 heterocycles. The highest BCUT2D eigenvalue weighted by Crippen LogP contribution is 2.63. The van der Waals surface area contributed by atoms with Crippen molar-refractivity contribution in [3.8, 4) is 0 Å². The van der Waals surface area contributed by atoms with Crippen molar-refractivity contribution in [2.75, 3.05) is 68.7 Å². The van der Waals surface area contributed by atoms with E-state index in [1.165, 1.54) is 19.1 Å². The zero-order chi connectivity index (χ0) is 79.1. The molecule has 3 saturated heterocycles. The van der Waals surface area contributed by atoms with E-state index >= 15 is 0 Å². The minimum absolute atomic E-state index is 0.0273. The van der Waals surface area contributed by atoms with Crippen molar-refractivity contribution in [1.29, 1.82) is 0 Å². The Morgan fingerprint density at radius 3 is 2.14 bits per heavy atom. The lowest BCUT2D eigenvalue weighted by atomic mass is 9.54. The van der Waals surface area contributed by atoms with Gasteiger partial charge in [0.1, 0.15) is 30.1 Å². The van der Waals surface area contributed by atoms with Crippen LogP contribution in [0.1, 0.15) is 216 Å². The number of carbonyl (C=O) groups excluding carboxylic acids is 9. The number of esters is 4. The number of methoxy groups -OCH3 is 3. The number of allylic oxidation sites excluding steroid dienone is 7. The average Bonchev–Trinajstić information content (AvgIpc) is 1.15. The summed E-state index contributed by atoms with van der Waals surface area (Å²) in [5, 5.41) is 34.6. The van der Waals surface area contributed by atoms with Gasteiger partial charge in [0, 0.05) is 108 Å². The van der Waals surface area contributed by atoms with Crippen LogP contribution in [0.25, 0.3) is 0 Å². The molecular formula is C85H127N3O20.